The van der Waals surface area contributed by atoms with Gasteiger partial charge in [-0.1, -0.05) is 0 Å². The van der Waals surface area contributed by atoms with Gasteiger partial charge in [-0.05, 0) is 25.4 Å². The molecule has 0 unspecified atom stereocenters. The van der Waals surface area contributed by atoms with Crippen LogP contribution in [0, 0.1) is 6.92 Å². The molecule has 0 radical (unpaired) electrons. The Hall–Kier alpha value is -1.63. The molecule has 1 aromatic heterocycles. The molecule has 0 aliphatic carbocycles. The van der Waals surface area contributed by atoms with Gasteiger partial charge in [-0.25, -0.2) is 9.59 Å². The summed E-state index contributed by atoms with van der Waals surface area (Å²) in [6.45, 7) is 3.62. The molecule has 0 fully saturated rings. The minimum atomic E-state index is -0.615. The van der Waals surface area contributed by atoms with E-state index >= 15 is 0 Å². The van der Waals surface area contributed by atoms with Gasteiger partial charge in [0.05, 0.1) is 19.4 Å². The second-order valence-electron chi connectivity index (χ2n) is 2.81. The molecule has 1 heterocycles. The molecule has 0 bridgehead atoms. The number of carbonyl (C=O) groups excluding carboxylic acids is 2. The van der Waals surface area contributed by atoms with Crippen molar-refractivity contribution in [1.29, 1.82) is 0 Å². The Labute approximate surface area is 96.7 Å². The van der Waals surface area contributed by atoms with E-state index in [0.717, 1.165) is 11.5 Å². The van der Waals surface area contributed by atoms with E-state index in [0.29, 0.717) is 10.7 Å². The van der Waals surface area contributed by atoms with Crippen molar-refractivity contribution in [3.63, 3.8) is 0 Å². The van der Waals surface area contributed by atoms with Crippen LogP contribution in [-0.4, -0.2) is 30.2 Å². The number of nitrogens with zero attached hydrogens (tertiary/aromatic N) is 1. The molecule has 6 nitrogen and oxygen atoms in total. The van der Waals surface area contributed by atoms with Crippen LogP contribution in [0.3, 0.4) is 0 Å². The minimum absolute atomic E-state index is 0.261. The molecular weight excluding hydrogens is 232 g/mol. The molecule has 1 amide bonds. The number of nitrogens with one attached hydrogen (secondary N) is 1. The van der Waals surface area contributed by atoms with Crippen molar-refractivity contribution in [3.8, 4) is 0 Å². The van der Waals surface area contributed by atoms with E-state index in [2.05, 4.69) is 14.4 Å². The van der Waals surface area contributed by atoms with E-state index < -0.39 is 12.1 Å². The van der Waals surface area contributed by atoms with Crippen LogP contribution in [-0.2, 0) is 9.47 Å². The van der Waals surface area contributed by atoms with Gasteiger partial charge >= 0.3 is 12.1 Å². The highest BCUT2D eigenvalue weighted by Crippen LogP contribution is 2.25. The Kier molecular flexibility index (Phi) is 4.24. The fraction of sp³-hybridized carbons (Fsp3) is 0.444. The number of hydrogen-bond donors (Lipinski definition) is 1. The summed E-state index contributed by atoms with van der Waals surface area (Å²) >= 11 is 1.01. The summed E-state index contributed by atoms with van der Waals surface area (Å²) in [6, 6.07) is 0. The van der Waals surface area contributed by atoms with E-state index in [1.54, 1.807) is 13.8 Å². The second kappa shape index (κ2) is 5.45. The lowest BCUT2D eigenvalue weighted by Gasteiger charge is -2.04. The average molecular weight is 244 g/mol. The van der Waals surface area contributed by atoms with Gasteiger partial charge in [-0.2, -0.15) is 4.37 Å². The smallest absolute Gasteiger partial charge is 0.412 e. The van der Waals surface area contributed by atoms with Gasteiger partial charge in [0.25, 0.3) is 0 Å². The molecule has 16 heavy (non-hydrogen) atoms. The average Bonchev–Trinajstić information content (AvgIpc) is 2.59. The first kappa shape index (κ1) is 12.4. The number of carbonyl (C=O) groups is 2. The van der Waals surface area contributed by atoms with Crippen LogP contribution in [0.5, 0.6) is 0 Å². The van der Waals surface area contributed by atoms with Crippen molar-refractivity contribution in [2.75, 3.05) is 19.0 Å². The van der Waals surface area contributed by atoms with Crippen molar-refractivity contribution in [2.24, 2.45) is 0 Å². The van der Waals surface area contributed by atoms with Crippen LogP contribution < -0.4 is 5.32 Å². The number of amides is 1. The Balaban J connectivity index is 2.88. The van der Waals surface area contributed by atoms with Gasteiger partial charge in [-0.15, -0.1) is 0 Å². The Morgan fingerprint density at radius 1 is 1.50 bits per heavy atom. The lowest BCUT2D eigenvalue weighted by Crippen LogP contribution is -2.15. The summed E-state index contributed by atoms with van der Waals surface area (Å²) in [5.74, 6) is -0.530. The zero-order valence-electron chi connectivity index (χ0n) is 9.20. The third-order valence-electron chi connectivity index (χ3n) is 1.74. The molecule has 0 aliphatic rings. The van der Waals surface area contributed by atoms with Gasteiger partial charge in [0.1, 0.15) is 10.6 Å². The molecule has 1 rings (SSSR count). The van der Waals surface area contributed by atoms with Crippen molar-refractivity contribution in [1.82, 2.24) is 4.37 Å². The summed E-state index contributed by atoms with van der Waals surface area (Å²) in [5, 5.41) is 2.78. The first-order chi connectivity index (χ1) is 7.60. The van der Waals surface area contributed by atoms with Crippen LogP contribution >= 0.6 is 11.5 Å². The van der Waals surface area contributed by atoms with E-state index in [-0.39, 0.29) is 12.2 Å². The number of anilines is 1. The zero-order valence-corrected chi connectivity index (χ0v) is 10.0. The van der Waals surface area contributed by atoms with Crippen molar-refractivity contribution in [2.45, 2.75) is 13.8 Å². The predicted molar refractivity (Wildman–Crippen MR) is 58.8 cm³/mol. The number of aromatic nitrogens is 1. The minimum Gasteiger partial charge on any atom is -0.465 e. The maximum absolute atomic E-state index is 11.4. The number of hydrogen-bond acceptors (Lipinski definition) is 6. The first-order valence-corrected chi connectivity index (χ1v) is 5.35. The molecule has 0 aromatic carbocycles. The summed E-state index contributed by atoms with van der Waals surface area (Å²) in [6.07, 6.45) is -0.615. The van der Waals surface area contributed by atoms with E-state index in [1.807, 2.05) is 0 Å². The molecular formula is C9H12N2O4S. The number of methoxy groups -OCH3 is 1. The molecule has 7 heteroatoms. The topological polar surface area (TPSA) is 77.5 Å². The summed E-state index contributed by atoms with van der Waals surface area (Å²) < 4.78 is 13.3. The van der Waals surface area contributed by atoms with Gasteiger partial charge < -0.3 is 9.47 Å². The van der Waals surface area contributed by atoms with Gasteiger partial charge in [0, 0.05) is 0 Å². The fourth-order valence-electron chi connectivity index (χ4n) is 1.06. The summed E-state index contributed by atoms with van der Waals surface area (Å²) in [5.41, 5.74) is 0.782. The Bertz CT molecular complexity index is 402. The lowest BCUT2D eigenvalue weighted by atomic mass is 10.2. The van der Waals surface area contributed by atoms with Crippen LogP contribution in [0.1, 0.15) is 23.0 Å². The third-order valence-corrected chi connectivity index (χ3v) is 2.60. The molecule has 0 saturated carbocycles. The zero-order chi connectivity index (χ0) is 12.1. The molecule has 88 valence electrons. The van der Waals surface area contributed by atoms with E-state index in [1.165, 1.54) is 7.11 Å². The largest absolute Gasteiger partial charge is 0.465 e. The van der Waals surface area contributed by atoms with Gasteiger partial charge in [-0.3, -0.25) is 5.32 Å². The summed E-state index contributed by atoms with van der Waals surface area (Å²) in [7, 11) is 1.27. The number of rotatable bonds is 3. The van der Waals surface area contributed by atoms with Crippen LogP contribution in [0.15, 0.2) is 0 Å². The fourth-order valence-corrected chi connectivity index (χ4v) is 1.83. The third kappa shape index (κ3) is 2.69. The molecule has 0 saturated heterocycles. The molecule has 0 spiro atoms. The second-order valence-corrected chi connectivity index (χ2v) is 3.58. The highest BCUT2D eigenvalue weighted by Gasteiger charge is 2.20. The quantitative estimate of drug-likeness (QED) is 0.820. The molecule has 1 aromatic rings. The Morgan fingerprint density at radius 2 is 2.19 bits per heavy atom. The monoisotopic (exact) mass is 244 g/mol. The lowest BCUT2D eigenvalue weighted by molar-refractivity contribution is 0.0601. The van der Waals surface area contributed by atoms with Crippen molar-refractivity contribution in [3.05, 3.63) is 11.3 Å². The highest BCUT2D eigenvalue weighted by atomic mass is 32.1. The van der Waals surface area contributed by atoms with Crippen molar-refractivity contribution < 1.29 is 19.1 Å². The first-order valence-electron chi connectivity index (χ1n) is 4.58. The van der Waals surface area contributed by atoms with Crippen LogP contribution in [0.2, 0.25) is 0 Å². The maximum atomic E-state index is 11.4. The summed E-state index contributed by atoms with van der Waals surface area (Å²) in [4.78, 5) is 22.6. The van der Waals surface area contributed by atoms with E-state index in [9.17, 15) is 9.59 Å². The molecule has 0 atom stereocenters. The molecule has 1 N–H and O–H groups in total. The standard InChI is InChI=1S/C9H12N2O4S/c1-4-15-9(13)10-7-6(8(12)14-3)5(2)11-16-7/h4H2,1-3H3,(H,10,13). The number of esters is 1. The number of ether oxygens (including phenoxy) is 2. The van der Waals surface area contributed by atoms with E-state index in [4.69, 9.17) is 4.74 Å². The molecule has 0 aliphatic heterocycles. The highest BCUT2D eigenvalue weighted by molar-refractivity contribution is 7.10. The normalized spacial score (nSPS) is 9.69. The number of aryl methyl sites for hydroxylation is 1. The maximum Gasteiger partial charge on any atom is 0.412 e. The van der Waals surface area contributed by atoms with Crippen molar-refractivity contribution >= 4 is 28.6 Å². The van der Waals surface area contributed by atoms with Gasteiger partial charge in [0.15, 0.2) is 0 Å². The predicted octanol–water partition coefficient (Wildman–Crippen LogP) is 1.81. The van der Waals surface area contributed by atoms with Gasteiger partial charge in [0.2, 0.25) is 0 Å². The SMILES string of the molecule is CCOC(=O)Nc1snc(C)c1C(=O)OC. The Morgan fingerprint density at radius 3 is 2.75 bits per heavy atom. The van der Waals surface area contributed by atoms with Crippen LogP contribution in [0.4, 0.5) is 9.80 Å². The van der Waals surface area contributed by atoms with Crippen LogP contribution in [0.25, 0.3) is 0 Å².